The highest BCUT2D eigenvalue weighted by molar-refractivity contribution is 8.13. The SMILES string of the molecule is CC[C@]1(C)N=CSC1C(C)C. The van der Waals surface area contributed by atoms with E-state index in [-0.39, 0.29) is 5.54 Å². The maximum atomic E-state index is 4.53. The molecule has 0 saturated heterocycles. The minimum atomic E-state index is 0.207. The first kappa shape index (κ1) is 9.11. The maximum absolute atomic E-state index is 4.53. The van der Waals surface area contributed by atoms with Crippen molar-refractivity contribution in [1.29, 1.82) is 0 Å². The van der Waals surface area contributed by atoms with Crippen LogP contribution in [0.2, 0.25) is 0 Å². The molecule has 0 radical (unpaired) electrons. The van der Waals surface area contributed by atoms with Gasteiger partial charge >= 0.3 is 0 Å². The Labute approximate surface area is 73.7 Å². The zero-order chi connectivity index (χ0) is 8.48. The molecule has 0 N–H and O–H groups in total. The van der Waals surface area contributed by atoms with Crippen LogP contribution in [0.3, 0.4) is 0 Å². The fraction of sp³-hybridized carbons (Fsp3) is 0.889. The lowest BCUT2D eigenvalue weighted by Gasteiger charge is -2.29. The number of thioether (sulfide) groups is 1. The van der Waals surface area contributed by atoms with Gasteiger partial charge in [-0.1, -0.05) is 20.8 Å². The molecule has 1 unspecified atom stereocenters. The third-order valence-electron chi connectivity index (χ3n) is 2.49. The van der Waals surface area contributed by atoms with E-state index >= 15 is 0 Å². The van der Waals surface area contributed by atoms with Crippen molar-refractivity contribution >= 4 is 17.3 Å². The Morgan fingerprint density at radius 1 is 1.64 bits per heavy atom. The average Bonchev–Trinajstić information content (AvgIpc) is 2.32. The van der Waals surface area contributed by atoms with Crippen LogP contribution in [0, 0.1) is 5.92 Å². The van der Waals surface area contributed by atoms with Gasteiger partial charge in [-0.15, -0.1) is 11.8 Å². The molecule has 0 aromatic carbocycles. The van der Waals surface area contributed by atoms with Crippen molar-refractivity contribution in [3.63, 3.8) is 0 Å². The van der Waals surface area contributed by atoms with E-state index in [4.69, 9.17) is 0 Å². The van der Waals surface area contributed by atoms with Gasteiger partial charge in [0.2, 0.25) is 0 Å². The van der Waals surface area contributed by atoms with Gasteiger partial charge < -0.3 is 0 Å². The lowest BCUT2D eigenvalue weighted by molar-refractivity contribution is 0.385. The highest BCUT2D eigenvalue weighted by atomic mass is 32.2. The number of nitrogens with zero attached hydrogens (tertiary/aromatic N) is 1. The Morgan fingerprint density at radius 3 is 2.64 bits per heavy atom. The molecule has 11 heavy (non-hydrogen) atoms. The van der Waals surface area contributed by atoms with E-state index in [2.05, 4.69) is 32.7 Å². The third kappa shape index (κ3) is 1.61. The maximum Gasteiger partial charge on any atom is 0.0708 e. The first-order chi connectivity index (χ1) is 5.10. The van der Waals surface area contributed by atoms with Crippen molar-refractivity contribution in [1.82, 2.24) is 0 Å². The molecular formula is C9H17NS. The largest absolute Gasteiger partial charge is 0.279 e. The fourth-order valence-electron chi connectivity index (χ4n) is 1.60. The van der Waals surface area contributed by atoms with Crippen LogP contribution in [0.1, 0.15) is 34.1 Å². The summed E-state index contributed by atoms with van der Waals surface area (Å²) < 4.78 is 0. The van der Waals surface area contributed by atoms with Gasteiger partial charge in [-0.05, 0) is 19.3 Å². The van der Waals surface area contributed by atoms with Crippen LogP contribution in [-0.2, 0) is 0 Å². The molecule has 0 aliphatic carbocycles. The topological polar surface area (TPSA) is 12.4 Å². The summed E-state index contributed by atoms with van der Waals surface area (Å²) in [5.74, 6) is 0.729. The normalized spacial score (nSPS) is 37.0. The molecular weight excluding hydrogens is 154 g/mol. The zero-order valence-electron chi connectivity index (χ0n) is 7.79. The molecule has 1 nitrogen and oxygen atoms in total. The molecule has 1 aliphatic rings. The number of hydrogen-bond acceptors (Lipinski definition) is 2. The van der Waals surface area contributed by atoms with Crippen LogP contribution in [-0.4, -0.2) is 16.3 Å². The molecule has 1 rings (SSSR count). The van der Waals surface area contributed by atoms with Crippen LogP contribution in [0.5, 0.6) is 0 Å². The van der Waals surface area contributed by atoms with E-state index in [0.29, 0.717) is 5.25 Å². The molecule has 0 fully saturated rings. The summed E-state index contributed by atoms with van der Waals surface area (Å²) in [7, 11) is 0. The van der Waals surface area contributed by atoms with Gasteiger partial charge in [0.15, 0.2) is 0 Å². The second-order valence-electron chi connectivity index (χ2n) is 3.75. The predicted octanol–water partition coefficient (Wildman–Crippen LogP) is 2.95. The monoisotopic (exact) mass is 171 g/mol. The fourth-order valence-corrected chi connectivity index (χ4v) is 2.87. The van der Waals surface area contributed by atoms with Crippen molar-refractivity contribution in [3.05, 3.63) is 0 Å². The lowest BCUT2D eigenvalue weighted by atomic mass is 9.88. The van der Waals surface area contributed by atoms with Crippen LogP contribution < -0.4 is 0 Å². The van der Waals surface area contributed by atoms with Crippen LogP contribution in [0.4, 0.5) is 0 Å². The Kier molecular flexibility index (Phi) is 2.63. The minimum absolute atomic E-state index is 0.207. The molecule has 0 amide bonds. The molecule has 0 aromatic rings. The van der Waals surface area contributed by atoms with Gasteiger partial charge in [-0.2, -0.15) is 0 Å². The summed E-state index contributed by atoms with van der Waals surface area (Å²) in [6.07, 6.45) is 1.15. The van der Waals surface area contributed by atoms with Gasteiger partial charge in [0.1, 0.15) is 0 Å². The standard InChI is InChI=1S/C9H17NS/c1-5-9(4)8(7(2)3)11-6-10-9/h6-8H,5H2,1-4H3/t8?,9-/m0/s1. The highest BCUT2D eigenvalue weighted by Gasteiger charge is 2.37. The van der Waals surface area contributed by atoms with E-state index < -0.39 is 0 Å². The van der Waals surface area contributed by atoms with E-state index in [9.17, 15) is 0 Å². The van der Waals surface area contributed by atoms with E-state index in [1.807, 2.05) is 17.3 Å². The second kappa shape index (κ2) is 3.18. The van der Waals surface area contributed by atoms with Crippen molar-refractivity contribution in [2.24, 2.45) is 10.9 Å². The number of rotatable bonds is 2. The molecule has 64 valence electrons. The molecule has 2 atom stereocenters. The predicted molar refractivity (Wildman–Crippen MR) is 53.4 cm³/mol. The van der Waals surface area contributed by atoms with Crippen molar-refractivity contribution in [2.45, 2.75) is 44.9 Å². The second-order valence-corrected chi connectivity index (χ2v) is 4.74. The van der Waals surface area contributed by atoms with Crippen LogP contribution >= 0.6 is 11.8 Å². The first-order valence-corrected chi connectivity index (χ1v) is 5.23. The summed E-state index contributed by atoms with van der Waals surface area (Å²) >= 11 is 1.89. The Bertz CT molecular complexity index is 165. The Hall–Kier alpha value is 0.0200. The lowest BCUT2D eigenvalue weighted by Crippen LogP contribution is -2.34. The molecule has 0 spiro atoms. The molecule has 2 heteroatoms. The molecule has 1 aliphatic heterocycles. The summed E-state index contributed by atoms with van der Waals surface area (Å²) in [6.45, 7) is 9.04. The van der Waals surface area contributed by atoms with Crippen molar-refractivity contribution < 1.29 is 0 Å². The van der Waals surface area contributed by atoms with Crippen molar-refractivity contribution in [2.75, 3.05) is 0 Å². The van der Waals surface area contributed by atoms with Gasteiger partial charge in [0, 0.05) is 5.25 Å². The molecule has 0 saturated carbocycles. The molecule has 1 heterocycles. The van der Waals surface area contributed by atoms with E-state index in [1.165, 1.54) is 0 Å². The average molecular weight is 171 g/mol. The Morgan fingerprint density at radius 2 is 2.27 bits per heavy atom. The van der Waals surface area contributed by atoms with E-state index in [1.54, 1.807) is 0 Å². The number of aliphatic imine (C=N–C) groups is 1. The summed E-state index contributed by atoms with van der Waals surface area (Å²) in [4.78, 5) is 4.53. The van der Waals surface area contributed by atoms with Gasteiger partial charge in [-0.3, -0.25) is 4.99 Å². The van der Waals surface area contributed by atoms with Gasteiger partial charge in [-0.25, -0.2) is 0 Å². The summed E-state index contributed by atoms with van der Waals surface area (Å²) in [5.41, 5.74) is 2.23. The summed E-state index contributed by atoms with van der Waals surface area (Å²) in [6, 6.07) is 0. The number of hydrogen-bond donors (Lipinski definition) is 0. The summed E-state index contributed by atoms with van der Waals surface area (Å²) in [5, 5.41) is 0.687. The van der Waals surface area contributed by atoms with Gasteiger partial charge in [0.25, 0.3) is 0 Å². The van der Waals surface area contributed by atoms with Gasteiger partial charge in [0.05, 0.1) is 11.1 Å². The smallest absolute Gasteiger partial charge is 0.0708 e. The van der Waals surface area contributed by atoms with Crippen LogP contribution in [0.15, 0.2) is 4.99 Å². The zero-order valence-corrected chi connectivity index (χ0v) is 8.61. The quantitative estimate of drug-likeness (QED) is 0.622. The Balaban J connectivity index is 2.70. The van der Waals surface area contributed by atoms with E-state index in [0.717, 1.165) is 12.3 Å². The van der Waals surface area contributed by atoms with Crippen LogP contribution in [0.25, 0.3) is 0 Å². The molecule has 0 bridgehead atoms. The third-order valence-corrected chi connectivity index (χ3v) is 4.06. The minimum Gasteiger partial charge on any atom is -0.279 e. The molecule has 0 aromatic heterocycles. The first-order valence-electron chi connectivity index (χ1n) is 4.29. The highest BCUT2D eigenvalue weighted by Crippen LogP contribution is 2.38. The van der Waals surface area contributed by atoms with Crippen molar-refractivity contribution in [3.8, 4) is 0 Å².